The first-order valence-electron chi connectivity index (χ1n) is 6.17. The average molecular weight is 259 g/mol. The monoisotopic (exact) mass is 259 g/mol. The van der Waals surface area contributed by atoms with E-state index in [0.29, 0.717) is 18.7 Å². The topological polar surface area (TPSA) is 82.1 Å². The van der Waals surface area contributed by atoms with Crippen molar-refractivity contribution >= 4 is 17.7 Å². The molecule has 5 nitrogen and oxygen atoms in total. The van der Waals surface area contributed by atoms with Crippen molar-refractivity contribution in [2.75, 3.05) is 5.32 Å². The van der Waals surface area contributed by atoms with E-state index in [9.17, 15) is 14.7 Å². The minimum atomic E-state index is -1.18. The van der Waals surface area contributed by atoms with Gasteiger partial charge in [0, 0.05) is 18.1 Å². The molecule has 1 amide bonds. The van der Waals surface area contributed by atoms with Crippen molar-refractivity contribution in [3.8, 4) is 0 Å². The Hall–Kier alpha value is -2.17. The standard InChI is InChI=1S/C14H16N2O3/c1-9-6-7-15-12(8-9)16-13(17)10-4-2-3-5-11(10)14(18)19/h2-3,6-8,10-11H,4-5H2,1H3,(H,18,19)(H,15,16,17)/p-1. The third-order valence-electron chi connectivity index (χ3n) is 3.24. The molecule has 0 radical (unpaired) electrons. The van der Waals surface area contributed by atoms with Crippen molar-refractivity contribution in [1.82, 2.24) is 4.98 Å². The molecule has 0 bridgehead atoms. The second-order valence-electron chi connectivity index (χ2n) is 4.68. The number of nitrogens with zero attached hydrogens (tertiary/aromatic N) is 1. The van der Waals surface area contributed by atoms with Crippen LogP contribution >= 0.6 is 0 Å². The van der Waals surface area contributed by atoms with Crippen LogP contribution in [-0.4, -0.2) is 16.9 Å². The molecule has 1 aromatic heterocycles. The van der Waals surface area contributed by atoms with Crippen molar-refractivity contribution in [1.29, 1.82) is 0 Å². The van der Waals surface area contributed by atoms with Gasteiger partial charge in [0.05, 0.1) is 5.92 Å². The first kappa shape index (κ1) is 13.3. The summed E-state index contributed by atoms with van der Waals surface area (Å²) in [7, 11) is 0. The van der Waals surface area contributed by atoms with Gasteiger partial charge in [0.1, 0.15) is 5.82 Å². The van der Waals surface area contributed by atoms with Crippen LogP contribution in [0.15, 0.2) is 30.5 Å². The molecule has 100 valence electrons. The fourth-order valence-corrected chi connectivity index (χ4v) is 2.19. The molecule has 1 aromatic rings. The van der Waals surface area contributed by atoms with Gasteiger partial charge in [-0.25, -0.2) is 4.98 Å². The number of carbonyl (C=O) groups excluding carboxylic acids is 2. The van der Waals surface area contributed by atoms with Gasteiger partial charge in [0.15, 0.2) is 0 Å². The van der Waals surface area contributed by atoms with Crippen LogP contribution in [0.1, 0.15) is 18.4 Å². The van der Waals surface area contributed by atoms with Crippen LogP contribution in [0, 0.1) is 18.8 Å². The number of carbonyl (C=O) groups is 2. The van der Waals surface area contributed by atoms with E-state index in [1.54, 1.807) is 18.3 Å². The van der Waals surface area contributed by atoms with E-state index in [-0.39, 0.29) is 5.91 Å². The summed E-state index contributed by atoms with van der Waals surface area (Å²) in [5.41, 5.74) is 0.977. The Labute approximate surface area is 111 Å². The summed E-state index contributed by atoms with van der Waals surface area (Å²) < 4.78 is 0. The lowest BCUT2D eigenvalue weighted by molar-refractivity contribution is -0.313. The fourth-order valence-electron chi connectivity index (χ4n) is 2.19. The largest absolute Gasteiger partial charge is 0.550 e. The molecule has 2 atom stereocenters. The minimum Gasteiger partial charge on any atom is -0.550 e. The highest BCUT2D eigenvalue weighted by Crippen LogP contribution is 2.26. The maximum absolute atomic E-state index is 12.1. The van der Waals surface area contributed by atoms with Crippen LogP contribution in [0.5, 0.6) is 0 Å². The number of aromatic nitrogens is 1. The molecular weight excluding hydrogens is 244 g/mol. The van der Waals surface area contributed by atoms with Gasteiger partial charge in [-0.3, -0.25) is 4.79 Å². The summed E-state index contributed by atoms with van der Waals surface area (Å²) in [6, 6.07) is 3.56. The molecule has 0 spiro atoms. The van der Waals surface area contributed by atoms with Gasteiger partial charge in [-0.05, 0) is 37.5 Å². The van der Waals surface area contributed by atoms with Crippen LogP contribution in [0.2, 0.25) is 0 Å². The number of carboxylic acids is 1. The zero-order valence-electron chi connectivity index (χ0n) is 10.6. The van der Waals surface area contributed by atoms with Crippen LogP contribution < -0.4 is 10.4 Å². The van der Waals surface area contributed by atoms with Crippen LogP contribution in [0.25, 0.3) is 0 Å². The number of carboxylic acid groups (broad SMARTS) is 1. The Morgan fingerprint density at radius 2 is 2.00 bits per heavy atom. The SMILES string of the molecule is Cc1ccnc(NC(=O)C2CC=CCC2C(=O)[O-])c1. The number of hydrogen-bond acceptors (Lipinski definition) is 4. The molecule has 1 heterocycles. The summed E-state index contributed by atoms with van der Waals surface area (Å²) in [5, 5.41) is 13.7. The lowest BCUT2D eigenvalue weighted by atomic mass is 9.82. The van der Waals surface area contributed by atoms with Gasteiger partial charge >= 0.3 is 0 Å². The first-order chi connectivity index (χ1) is 9.08. The predicted octanol–water partition coefficient (Wildman–Crippen LogP) is 0.661. The van der Waals surface area contributed by atoms with Gasteiger partial charge in [-0.1, -0.05) is 12.2 Å². The predicted molar refractivity (Wildman–Crippen MR) is 68.0 cm³/mol. The maximum atomic E-state index is 12.1. The molecule has 19 heavy (non-hydrogen) atoms. The van der Waals surface area contributed by atoms with E-state index < -0.39 is 17.8 Å². The lowest BCUT2D eigenvalue weighted by Crippen LogP contribution is -2.41. The third-order valence-corrected chi connectivity index (χ3v) is 3.24. The molecule has 2 unspecified atom stereocenters. The second kappa shape index (κ2) is 5.65. The minimum absolute atomic E-state index is 0.323. The Balaban J connectivity index is 2.10. The summed E-state index contributed by atoms with van der Waals surface area (Å²) in [6.45, 7) is 1.89. The van der Waals surface area contributed by atoms with Crippen molar-refractivity contribution in [2.24, 2.45) is 11.8 Å². The molecule has 1 aliphatic carbocycles. The number of rotatable bonds is 3. The van der Waals surface area contributed by atoms with E-state index in [4.69, 9.17) is 0 Å². The summed E-state index contributed by atoms with van der Waals surface area (Å²) in [6.07, 6.45) is 5.95. The van der Waals surface area contributed by atoms with E-state index in [1.165, 1.54) is 0 Å². The number of aliphatic carboxylic acids is 1. The van der Waals surface area contributed by atoms with Crippen LogP contribution in [0.3, 0.4) is 0 Å². The maximum Gasteiger partial charge on any atom is 0.229 e. The molecule has 0 aliphatic heterocycles. The molecule has 2 rings (SSSR count). The molecule has 0 saturated carbocycles. The number of allylic oxidation sites excluding steroid dienone is 2. The number of aryl methyl sites for hydroxylation is 1. The third kappa shape index (κ3) is 3.19. The molecule has 1 aliphatic rings. The lowest BCUT2D eigenvalue weighted by Gasteiger charge is -2.28. The zero-order valence-corrected chi connectivity index (χ0v) is 10.6. The van der Waals surface area contributed by atoms with E-state index >= 15 is 0 Å². The van der Waals surface area contributed by atoms with Crippen LogP contribution in [-0.2, 0) is 9.59 Å². The van der Waals surface area contributed by atoms with E-state index in [1.807, 2.05) is 19.1 Å². The quantitative estimate of drug-likeness (QED) is 0.808. The summed E-state index contributed by atoms with van der Waals surface area (Å²) in [5.74, 6) is -2.43. The second-order valence-corrected chi connectivity index (χ2v) is 4.68. The normalized spacial score (nSPS) is 21.9. The van der Waals surface area contributed by atoms with Crippen molar-refractivity contribution in [3.63, 3.8) is 0 Å². The number of pyridine rings is 1. The van der Waals surface area contributed by atoms with Crippen molar-refractivity contribution in [2.45, 2.75) is 19.8 Å². The Morgan fingerprint density at radius 3 is 2.63 bits per heavy atom. The number of nitrogens with one attached hydrogen (secondary N) is 1. The van der Waals surface area contributed by atoms with Gasteiger partial charge in [-0.15, -0.1) is 0 Å². The van der Waals surface area contributed by atoms with Crippen LogP contribution in [0.4, 0.5) is 5.82 Å². The van der Waals surface area contributed by atoms with E-state index in [2.05, 4.69) is 10.3 Å². The molecular formula is C14H15N2O3-. The highest BCUT2D eigenvalue weighted by atomic mass is 16.4. The number of hydrogen-bond donors (Lipinski definition) is 1. The van der Waals surface area contributed by atoms with E-state index in [0.717, 1.165) is 5.56 Å². The Bertz CT molecular complexity index is 525. The Morgan fingerprint density at radius 1 is 1.32 bits per heavy atom. The number of amides is 1. The highest BCUT2D eigenvalue weighted by Gasteiger charge is 2.29. The first-order valence-corrected chi connectivity index (χ1v) is 6.17. The Kier molecular flexibility index (Phi) is 3.94. The van der Waals surface area contributed by atoms with Gasteiger partial charge in [-0.2, -0.15) is 0 Å². The molecule has 0 fully saturated rings. The van der Waals surface area contributed by atoms with Gasteiger partial charge in [0.25, 0.3) is 0 Å². The van der Waals surface area contributed by atoms with Gasteiger partial charge < -0.3 is 15.2 Å². The van der Waals surface area contributed by atoms with Crippen molar-refractivity contribution in [3.05, 3.63) is 36.0 Å². The zero-order chi connectivity index (χ0) is 13.8. The fraction of sp³-hybridized carbons (Fsp3) is 0.357. The van der Waals surface area contributed by atoms with Crippen molar-refractivity contribution < 1.29 is 14.7 Å². The number of anilines is 1. The molecule has 0 aromatic carbocycles. The van der Waals surface area contributed by atoms with Gasteiger partial charge in [0.2, 0.25) is 5.91 Å². The molecule has 5 heteroatoms. The summed E-state index contributed by atoms with van der Waals surface area (Å²) >= 11 is 0. The average Bonchev–Trinajstić information content (AvgIpc) is 2.38. The highest BCUT2D eigenvalue weighted by molar-refractivity contribution is 5.94. The summed E-state index contributed by atoms with van der Waals surface area (Å²) in [4.78, 5) is 27.2. The molecule has 1 N–H and O–H groups in total. The molecule has 0 saturated heterocycles. The smallest absolute Gasteiger partial charge is 0.229 e.